The zero-order chi connectivity index (χ0) is 36.5. The lowest BCUT2D eigenvalue weighted by atomic mass is 10.0. The third-order valence-corrected chi connectivity index (χ3v) is 6.78. The number of rotatable bonds is 21. The number of aromatic nitrogens is 2. The molecule has 0 aliphatic rings. The average molecular weight is 691 g/mol. The number of aliphatic hydroxyl groups excluding tert-OH is 1. The topological polar surface area (TPSA) is 332 Å². The number of aromatic amines is 1. The molecule has 266 valence electrons. The van der Waals surface area contributed by atoms with Crippen molar-refractivity contribution in [1.82, 2.24) is 36.6 Å². The maximum Gasteiger partial charge on any atom is 0.326 e. The van der Waals surface area contributed by atoms with Crippen LogP contribution in [0.5, 0.6) is 0 Å². The Morgan fingerprint density at radius 1 is 0.755 bits per heavy atom. The molecule has 0 aliphatic heterocycles. The summed E-state index contributed by atoms with van der Waals surface area (Å²) in [5.41, 5.74) is 6.50. The van der Waals surface area contributed by atoms with Gasteiger partial charge in [0.25, 0.3) is 0 Å². The van der Waals surface area contributed by atoms with Crippen LogP contribution in [0.15, 0.2) is 42.9 Å². The molecule has 20 nitrogen and oxygen atoms in total. The van der Waals surface area contributed by atoms with Crippen LogP contribution in [0, 0.1) is 0 Å². The zero-order valence-electron chi connectivity index (χ0n) is 26.0. The number of aliphatic carboxylic acids is 3. The molecule has 0 spiro atoms. The number of hydrogen-bond donors (Lipinski definition) is 11. The second-order valence-electron chi connectivity index (χ2n) is 10.6. The van der Waals surface area contributed by atoms with E-state index in [1.54, 1.807) is 30.3 Å². The molecule has 0 saturated carbocycles. The van der Waals surface area contributed by atoms with E-state index >= 15 is 0 Å². The first kappa shape index (κ1) is 39.3. The number of carbonyl (C=O) groups excluding carboxylic acids is 5. The normalized spacial score (nSPS) is 13.8. The Kier molecular flexibility index (Phi) is 15.8. The third kappa shape index (κ3) is 14.2. The molecule has 2 aromatic rings. The number of carboxylic acid groups (broad SMARTS) is 3. The standard InChI is InChI=1S/C29H38N8O12/c30-17(6-7-23(40)41)25(44)37-21(13-38)26(45)32-12-22(39)34-18(8-15-4-2-1-3-5-15)27(46)35-19(10-24(42)43)28(47)36-20(29(48)49)9-16-11-31-14-33-16/h1-5,11,14,17-21,38H,6-10,12-13,30H2,(H,31,33)(H,32,45)(H,34,39)(H,35,46)(H,36,47)(H,37,44)(H,40,41)(H,42,43)(H,48,49)/t17-,18-,19-,20-,21-/m0/s1. The molecule has 0 saturated heterocycles. The van der Waals surface area contributed by atoms with Crippen LogP contribution in [0.2, 0.25) is 0 Å². The summed E-state index contributed by atoms with van der Waals surface area (Å²) in [5, 5.41) is 48.4. The molecular formula is C29H38N8O12. The van der Waals surface area contributed by atoms with Gasteiger partial charge in [-0.1, -0.05) is 30.3 Å². The molecule has 5 atom stereocenters. The number of imidazole rings is 1. The Hall–Kier alpha value is -5.89. The summed E-state index contributed by atoms with van der Waals surface area (Å²) in [5.74, 6) is -9.14. The smallest absolute Gasteiger partial charge is 0.326 e. The molecule has 49 heavy (non-hydrogen) atoms. The number of H-pyrrole nitrogens is 1. The first-order valence-corrected chi connectivity index (χ1v) is 14.7. The molecule has 0 bridgehead atoms. The van der Waals surface area contributed by atoms with Crippen molar-refractivity contribution < 1.29 is 58.8 Å². The van der Waals surface area contributed by atoms with Crippen LogP contribution in [-0.2, 0) is 51.2 Å². The molecule has 20 heteroatoms. The number of aliphatic hydroxyl groups is 1. The largest absolute Gasteiger partial charge is 0.481 e. The van der Waals surface area contributed by atoms with Crippen molar-refractivity contribution in [3.05, 3.63) is 54.1 Å². The predicted molar refractivity (Wildman–Crippen MR) is 165 cm³/mol. The third-order valence-electron chi connectivity index (χ3n) is 6.78. The van der Waals surface area contributed by atoms with Crippen molar-refractivity contribution in [1.29, 1.82) is 0 Å². The Morgan fingerprint density at radius 2 is 1.39 bits per heavy atom. The van der Waals surface area contributed by atoms with Crippen molar-refractivity contribution in [2.45, 2.75) is 62.3 Å². The summed E-state index contributed by atoms with van der Waals surface area (Å²) >= 11 is 0. The van der Waals surface area contributed by atoms with Gasteiger partial charge in [-0.25, -0.2) is 9.78 Å². The van der Waals surface area contributed by atoms with Gasteiger partial charge in [0, 0.05) is 31.2 Å². The van der Waals surface area contributed by atoms with Crippen molar-refractivity contribution in [2.75, 3.05) is 13.2 Å². The Morgan fingerprint density at radius 3 is 1.96 bits per heavy atom. The van der Waals surface area contributed by atoms with E-state index < -0.39 is 104 Å². The number of nitrogens with two attached hydrogens (primary N) is 1. The maximum atomic E-state index is 13.4. The summed E-state index contributed by atoms with van der Waals surface area (Å²) in [6.07, 6.45) is 0.638. The van der Waals surface area contributed by atoms with Crippen molar-refractivity contribution in [2.24, 2.45) is 5.73 Å². The molecule has 0 unspecified atom stereocenters. The van der Waals surface area contributed by atoms with E-state index in [2.05, 4.69) is 36.6 Å². The van der Waals surface area contributed by atoms with Crippen molar-refractivity contribution >= 4 is 47.4 Å². The number of nitrogens with zero attached hydrogens (tertiary/aromatic N) is 1. The minimum atomic E-state index is -1.76. The SMILES string of the molecule is N[C@@H](CCC(=O)O)C(=O)N[C@@H](CO)C(=O)NCC(=O)N[C@@H](Cc1ccccc1)C(=O)N[C@@H](CC(=O)O)C(=O)N[C@@H](Cc1cnc[nH]1)C(=O)O. The van der Waals surface area contributed by atoms with Gasteiger partial charge >= 0.3 is 17.9 Å². The fraction of sp³-hybridized carbons (Fsp3) is 0.414. The summed E-state index contributed by atoms with van der Waals surface area (Å²) in [7, 11) is 0. The van der Waals surface area contributed by atoms with Gasteiger partial charge in [0.1, 0.15) is 24.2 Å². The molecule has 0 aliphatic carbocycles. The van der Waals surface area contributed by atoms with Gasteiger partial charge in [0.2, 0.25) is 29.5 Å². The number of hydrogen-bond acceptors (Lipinski definition) is 11. The van der Waals surface area contributed by atoms with Gasteiger partial charge < -0.3 is 57.7 Å². The minimum absolute atomic E-state index is 0.158. The molecule has 1 heterocycles. The lowest BCUT2D eigenvalue weighted by molar-refractivity contribution is -0.143. The van der Waals surface area contributed by atoms with Crippen molar-refractivity contribution in [3.63, 3.8) is 0 Å². The second kappa shape index (κ2) is 19.7. The van der Waals surface area contributed by atoms with Crippen LogP contribution >= 0.6 is 0 Å². The first-order chi connectivity index (χ1) is 23.2. The minimum Gasteiger partial charge on any atom is -0.481 e. The summed E-state index contributed by atoms with van der Waals surface area (Å²) in [6, 6.07) is 0.669. The summed E-state index contributed by atoms with van der Waals surface area (Å²) < 4.78 is 0. The predicted octanol–water partition coefficient (Wildman–Crippen LogP) is -4.01. The van der Waals surface area contributed by atoms with E-state index in [0.717, 1.165) is 0 Å². The highest BCUT2D eigenvalue weighted by Gasteiger charge is 2.32. The number of carbonyl (C=O) groups is 8. The highest BCUT2D eigenvalue weighted by molar-refractivity contribution is 5.96. The van der Waals surface area contributed by atoms with E-state index in [1.807, 2.05) is 0 Å². The molecule has 1 aromatic carbocycles. The summed E-state index contributed by atoms with van der Waals surface area (Å²) in [4.78, 5) is 104. The van der Waals surface area contributed by atoms with Crippen LogP contribution in [0.3, 0.4) is 0 Å². The molecular weight excluding hydrogens is 652 g/mol. The molecule has 12 N–H and O–H groups in total. The fourth-order valence-corrected chi connectivity index (χ4v) is 4.22. The first-order valence-electron chi connectivity index (χ1n) is 14.7. The van der Waals surface area contributed by atoms with Crippen LogP contribution < -0.4 is 32.3 Å². The number of benzene rings is 1. The van der Waals surface area contributed by atoms with Gasteiger partial charge in [-0.15, -0.1) is 0 Å². The summed E-state index contributed by atoms with van der Waals surface area (Å²) in [6.45, 7) is -1.66. The molecule has 1 aromatic heterocycles. The quantitative estimate of drug-likeness (QED) is 0.0595. The highest BCUT2D eigenvalue weighted by Crippen LogP contribution is 2.06. The Bertz CT molecular complexity index is 1470. The molecule has 0 radical (unpaired) electrons. The Balaban J connectivity index is 2.12. The van der Waals surface area contributed by atoms with E-state index in [9.17, 15) is 53.7 Å². The van der Waals surface area contributed by atoms with E-state index in [0.29, 0.717) is 11.3 Å². The Labute approximate surface area is 278 Å². The van der Waals surface area contributed by atoms with E-state index in [1.165, 1.54) is 12.5 Å². The van der Waals surface area contributed by atoms with Crippen LogP contribution in [-0.4, -0.2) is 121 Å². The molecule has 5 amide bonds. The zero-order valence-corrected chi connectivity index (χ0v) is 26.0. The van der Waals surface area contributed by atoms with Crippen LogP contribution in [0.25, 0.3) is 0 Å². The van der Waals surface area contributed by atoms with Gasteiger partial charge in [-0.3, -0.25) is 33.6 Å². The maximum absolute atomic E-state index is 13.4. The van der Waals surface area contributed by atoms with E-state index in [4.69, 9.17) is 10.8 Å². The number of nitrogens with one attached hydrogen (secondary N) is 6. The van der Waals surface area contributed by atoms with Crippen LogP contribution in [0.4, 0.5) is 0 Å². The lowest BCUT2D eigenvalue weighted by Crippen LogP contribution is -2.58. The number of amides is 5. The highest BCUT2D eigenvalue weighted by atomic mass is 16.4. The lowest BCUT2D eigenvalue weighted by Gasteiger charge is -2.24. The van der Waals surface area contributed by atoms with Gasteiger partial charge in [0.05, 0.1) is 31.9 Å². The van der Waals surface area contributed by atoms with E-state index in [-0.39, 0.29) is 19.3 Å². The second-order valence-corrected chi connectivity index (χ2v) is 10.6. The fourth-order valence-electron chi connectivity index (χ4n) is 4.22. The molecule has 2 rings (SSSR count). The monoisotopic (exact) mass is 690 g/mol. The van der Waals surface area contributed by atoms with Gasteiger partial charge in [-0.2, -0.15) is 0 Å². The average Bonchev–Trinajstić information content (AvgIpc) is 3.57. The van der Waals surface area contributed by atoms with Gasteiger partial charge in [0.15, 0.2) is 0 Å². The van der Waals surface area contributed by atoms with Gasteiger partial charge in [-0.05, 0) is 12.0 Å². The van der Waals surface area contributed by atoms with Crippen molar-refractivity contribution in [3.8, 4) is 0 Å². The number of carboxylic acids is 3. The van der Waals surface area contributed by atoms with Crippen LogP contribution in [0.1, 0.15) is 30.5 Å². The molecule has 0 fully saturated rings.